The predicted molar refractivity (Wildman–Crippen MR) is 105 cm³/mol. The van der Waals surface area contributed by atoms with E-state index in [-0.39, 0.29) is 23.9 Å². The third kappa shape index (κ3) is 4.02. The number of nitrogens with zero attached hydrogens (tertiary/aromatic N) is 2. The molecule has 2 aliphatic carbocycles. The number of fused-ring (bicyclic) bond motifs is 1. The summed E-state index contributed by atoms with van der Waals surface area (Å²) in [5.41, 5.74) is 1.67. The summed E-state index contributed by atoms with van der Waals surface area (Å²) >= 11 is 7.65. The first kappa shape index (κ1) is 19.5. The van der Waals surface area contributed by atoms with Crippen molar-refractivity contribution in [1.29, 1.82) is 5.26 Å². The van der Waals surface area contributed by atoms with Crippen LogP contribution in [0.2, 0.25) is 5.02 Å². The number of ether oxygens (including phenoxy) is 1. The third-order valence-electron chi connectivity index (χ3n) is 4.52. The van der Waals surface area contributed by atoms with Crippen molar-refractivity contribution < 1.29 is 14.3 Å². The van der Waals surface area contributed by atoms with Gasteiger partial charge in [0.25, 0.3) is 0 Å². The number of nitrogens with one attached hydrogen (secondary N) is 1. The summed E-state index contributed by atoms with van der Waals surface area (Å²) in [6.45, 7) is 1.91. The zero-order valence-electron chi connectivity index (χ0n) is 14.9. The molecular weight excluding hydrogens is 386 g/mol. The minimum Gasteiger partial charge on any atom is -0.462 e. The topological polar surface area (TPSA) is 91.5 Å². The number of carbonyl (C=O) groups excluding carboxylic acids is 2. The smallest absolute Gasteiger partial charge is 0.341 e. The number of esters is 1. The van der Waals surface area contributed by atoms with E-state index in [4.69, 9.17) is 21.6 Å². The Morgan fingerprint density at radius 3 is 2.81 bits per heavy atom. The zero-order chi connectivity index (χ0) is 19.6. The number of ketones is 1. The molecule has 1 unspecified atom stereocenters. The van der Waals surface area contributed by atoms with Gasteiger partial charge in [0.2, 0.25) is 0 Å². The van der Waals surface area contributed by atoms with Gasteiger partial charge >= 0.3 is 5.97 Å². The molecule has 1 fully saturated rings. The molecule has 0 radical (unpaired) electrons. The van der Waals surface area contributed by atoms with E-state index in [0.717, 1.165) is 18.4 Å². The van der Waals surface area contributed by atoms with Crippen LogP contribution in [-0.2, 0) is 9.53 Å². The Bertz CT molecular complexity index is 900. The van der Waals surface area contributed by atoms with Gasteiger partial charge in [-0.15, -0.1) is 0 Å². The number of rotatable bonds is 4. The summed E-state index contributed by atoms with van der Waals surface area (Å²) < 4.78 is 5.05. The highest BCUT2D eigenvalue weighted by Crippen LogP contribution is 2.48. The largest absolute Gasteiger partial charge is 0.462 e. The second-order valence-electron chi connectivity index (χ2n) is 6.24. The maximum atomic E-state index is 12.9. The number of hydrogen-bond acceptors (Lipinski definition) is 6. The van der Waals surface area contributed by atoms with Crippen molar-refractivity contribution in [3.05, 3.63) is 39.9 Å². The summed E-state index contributed by atoms with van der Waals surface area (Å²) in [6, 6.07) is 3.34. The lowest BCUT2D eigenvalue weighted by atomic mass is 9.80. The highest BCUT2D eigenvalue weighted by Gasteiger charge is 2.39. The fourth-order valence-electron chi connectivity index (χ4n) is 3.12. The molecule has 0 spiro atoms. The Labute approximate surface area is 166 Å². The summed E-state index contributed by atoms with van der Waals surface area (Å²) in [6.07, 6.45) is 7.40. The Morgan fingerprint density at radius 2 is 2.22 bits per heavy atom. The molecule has 0 saturated heterocycles. The van der Waals surface area contributed by atoms with Crippen LogP contribution in [0.1, 0.15) is 41.6 Å². The summed E-state index contributed by atoms with van der Waals surface area (Å²) in [7, 11) is 0. The van der Waals surface area contributed by atoms with Gasteiger partial charge in [0.1, 0.15) is 5.57 Å². The number of allylic oxidation sites excluding steroid dienone is 1. The molecule has 3 rings (SSSR count). The first-order valence-electron chi connectivity index (χ1n) is 8.55. The van der Waals surface area contributed by atoms with E-state index < -0.39 is 5.97 Å². The lowest BCUT2D eigenvalue weighted by Gasteiger charge is -2.24. The molecule has 8 heteroatoms. The van der Waals surface area contributed by atoms with E-state index in [1.165, 1.54) is 11.8 Å². The van der Waals surface area contributed by atoms with Crippen LogP contribution in [0.3, 0.4) is 0 Å². The monoisotopic (exact) mass is 403 g/mol. The van der Waals surface area contributed by atoms with Gasteiger partial charge in [-0.3, -0.25) is 10.1 Å². The molecule has 0 heterocycles. The van der Waals surface area contributed by atoms with Crippen molar-refractivity contribution in [3.63, 3.8) is 0 Å². The van der Waals surface area contributed by atoms with E-state index in [1.54, 1.807) is 31.4 Å². The second-order valence-corrected chi connectivity index (χ2v) is 7.44. The minimum atomic E-state index is -0.602. The number of aliphatic imine (C=N–C) groups is 1. The van der Waals surface area contributed by atoms with Crippen molar-refractivity contribution >= 4 is 46.0 Å². The van der Waals surface area contributed by atoms with E-state index in [0.29, 0.717) is 27.4 Å². The number of thioether (sulfide) groups is 1. The first-order chi connectivity index (χ1) is 13.0. The van der Waals surface area contributed by atoms with Crippen LogP contribution < -0.4 is 5.32 Å². The Morgan fingerprint density at radius 1 is 1.48 bits per heavy atom. The van der Waals surface area contributed by atoms with Crippen LogP contribution in [0.4, 0.5) is 5.69 Å². The number of Topliss-reactive ketones (excluding diaryl/α,β-unsaturated/α-hetero) is 1. The summed E-state index contributed by atoms with van der Waals surface area (Å²) in [4.78, 5) is 29.5. The standard InChI is InChI=1S/C19H18ClN3O3S/c1-3-26-18(25)14-6-11(10-4-5-10)12-7-15(20)16(8-13(12)17(14)24)23-19(27-2)22-9-21/h6-8,10-11H,3-5H2,1-2H3,(H,22,23). The fourth-order valence-corrected chi connectivity index (χ4v) is 3.67. The number of nitriles is 1. The van der Waals surface area contributed by atoms with Crippen LogP contribution in [-0.4, -0.2) is 29.8 Å². The van der Waals surface area contributed by atoms with Crippen molar-refractivity contribution in [2.75, 3.05) is 12.9 Å². The van der Waals surface area contributed by atoms with Crippen LogP contribution in [0.25, 0.3) is 0 Å². The number of hydrogen-bond donors (Lipinski definition) is 1. The van der Waals surface area contributed by atoms with E-state index in [9.17, 15) is 9.59 Å². The zero-order valence-corrected chi connectivity index (χ0v) is 16.5. The molecule has 1 aromatic rings. The molecule has 1 saturated carbocycles. The van der Waals surface area contributed by atoms with Crippen LogP contribution in [0.5, 0.6) is 0 Å². The molecule has 0 aliphatic heterocycles. The van der Waals surface area contributed by atoms with Gasteiger partial charge in [-0.25, -0.2) is 9.79 Å². The van der Waals surface area contributed by atoms with Gasteiger partial charge in [0.05, 0.1) is 17.3 Å². The normalized spacial score (nSPS) is 19.0. The average Bonchev–Trinajstić information content (AvgIpc) is 3.48. The quantitative estimate of drug-likeness (QED) is 0.204. The Kier molecular flexibility index (Phi) is 5.88. The average molecular weight is 404 g/mol. The molecule has 0 amide bonds. The molecular formula is C19H18ClN3O3S. The van der Waals surface area contributed by atoms with E-state index >= 15 is 0 Å². The van der Waals surface area contributed by atoms with E-state index in [1.807, 2.05) is 6.19 Å². The predicted octanol–water partition coefficient (Wildman–Crippen LogP) is 3.94. The fraction of sp³-hybridized carbons (Fsp3) is 0.368. The van der Waals surface area contributed by atoms with Gasteiger partial charge in [0, 0.05) is 11.5 Å². The van der Waals surface area contributed by atoms with E-state index in [2.05, 4.69) is 10.3 Å². The highest BCUT2D eigenvalue weighted by molar-refractivity contribution is 8.13. The maximum absolute atomic E-state index is 12.9. The van der Waals surface area contributed by atoms with Gasteiger partial charge < -0.3 is 4.74 Å². The van der Waals surface area contributed by atoms with Crippen LogP contribution >= 0.6 is 23.4 Å². The molecule has 1 N–H and O–H groups in total. The first-order valence-corrected chi connectivity index (χ1v) is 10.1. The molecule has 2 aliphatic rings. The molecule has 0 bridgehead atoms. The molecule has 6 nitrogen and oxygen atoms in total. The summed E-state index contributed by atoms with van der Waals surface area (Å²) in [5.74, 6) is -0.624. The molecule has 0 aromatic heterocycles. The highest BCUT2D eigenvalue weighted by atomic mass is 35.5. The van der Waals surface area contributed by atoms with Gasteiger partial charge in [0.15, 0.2) is 17.1 Å². The van der Waals surface area contributed by atoms with Gasteiger partial charge in [-0.1, -0.05) is 29.4 Å². The van der Waals surface area contributed by atoms with Crippen molar-refractivity contribution in [3.8, 4) is 6.19 Å². The molecule has 1 atom stereocenters. The Hall–Kier alpha value is -2.30. The second kappa shape index (κ2) is 8.15. The van der Waals surface area contributed by atoms with Gasteiger partial charge in [-0.2, -0.15) is 5.26 Å². The lowest BCUT2D eigenvalue weighted by Crippen LogP contribution is -2.23. The lowest BCUT2D eigenvalue weighted by molar-refractivity contribution is -0.138. The summed E-state index contributed by atoms with van der Waals surface area (Å²) in [5, 5.41) is 12.0. The Balaban J connectivity index is 2.08. The van der Waals surface area contributed by atoms with Crippen molar-refractivity contribution in [2.24, 2.45) is 10.9 Å². The minimum absolute atomic E-state index is 0.0371. The number of amidine groups is 1. The van der Waals surface area contributed by atoms with Crippen molar-refractivity contribution in [2.45, 2.75) is 25.7 Å². The van der Waals surface area contributed by atoms with Crippen LogP contribution in [0, 0.1) is 17.4 Å². The molecule has 27 heavy (non-hydrogen) atoms. The van der Waals surface area contributed by atoms with Crippen molar-refractivity contribution in [1.82, 2.24) is 5.32 Å². The van der Waals surface area contributed by atoms with Gasteiger partial charge in [-0.05, 0) is 49.6 Å². The SMILES string of the molecule is CCOC(=O)C1=CC(C2CC2)c2cc(Cl)c(N=C(NC#N)SC)cc2C1=O. The van der Waals surface area contributed by atoms with Crippen LogP contribution in [0.15, 0.2) is 28.8 Å². The number of carbonyl (C=O) groups is 2. The molecule has 1 aromatic carbocycles. The maximum Gasteiger partial charge on any atom is 0.341 e. The number of benzene rings is 1. The number of halogens is 1. The third-order valence-corrected chi connectivity index (χ3v) is 5.40. The molecule has 140 valence electrons.